The van der Waals surface area contributed by atoms with Gasteiger partial charge in [-0.3, -0.25) is 13.7 Å². The highest BCUT2D eigenvalue weighted by Crippen LogP contribution is 2.06. The average molecular weight is 217 g/mol. The number of aromatic nitrogens is 1. The molecule has 0 aliphatic heterocycles. The van der Waals surface area contributed by atoms with Crippen molar-refractivity contribution in [2.75, 3.05) is 6.61 Å². The first-order chi connectivity index (χ1) is 6.68. The Balaban J connectivity index is 2.38. The largest absolute Gasteiger partial charge is 0.423 e. The first kappa shape index (κ1) is 10.8. The van der Waals surface area contributed by atoms with E-state index in [1.807, 2.05) is 0 Å². The van der Waals surface area contributed by atoms with Crippen LogP contribution in [0.25, 0.3) is 0 Å². The van der Waals surface area contributed by atoms with E-state index in [2.05, 4.69) is 9.17 Å². The SMILES string of the molecule is O=C(COS(=O)O)Oc1cccnc1. The Hall–Kier alpha value is -1.31. The maximum absolute atomic E-state index is 10.9. The summed E-state index contributed by atoms with van der Waals surface area (Å²) in [6.07, 6.45) is 2.87. The van der Waals surface area contributed by atoms with Crippen molar-refractivity contribution in [1.82, 2.24) is 4.98 Å². The second-order valence-corrected chi connectivity index (χ2v) is 2.81. The van der Waals surface area contributed by atoms with Crippen molar-refractivity contribution in [2.24, 2.45) is 0 Å². The number of esters is 1. The summed E-state index contributed by atoms with van der Waals surface area (Å²) in [5.74, 6) is -0.509. The number of nitrogens with zero attached hydrogens (tertiary/aromatic N) is 1. The molecular formula is C7H7NO5S. The van der Waals surface area contributed by atoms with E-state index in [0.717, 1.165) is 0 Å². The summed E-state index contributed by atoms with van der Waals surface area (Å²) in [6, 6.07) is 3.12. The molecule has 0 amide bonds. The van der Waals surface area contributed by atoms with Crippen molar-refractivity contribution in [3.8, 4) is 5.75 Å². The number of pyridine rings is 1. The third-order valence-corrected chi connectivity index (χ3v) is 1.46. The molecule has 1 aromatic heterocycles. The van der Waals surface area contributed by atoms with E-state index in [4.69, 9.17) is 9.29 Å². The molecular weight excluding hydrogens is 210 g/mol. The monoisotopic (exact) mass is 217 g/mol. The number of carbonyl (C=O) groups excluding carboxylic acids is 1. The first-order valence-corrected chi connectivity index (χ1v) is 4.56. The molecule has 1 heterocycles. The Kier molecular flexibility index (Phi) is 4.17. The minimum Gasteiger partial charge on any atom is -0.423 e. The second-order valence-electron chi connectivity index (χ2n) is 2.14. The van der Waals surface area contributed by atoms with Crippen LogP contribution < -0.4 is 4.74 Å². The maximum Gasteiger partial charge on any atom is 0.339 e. The predicted octanol–water partition coefficient (Wildman–Crippen LogP) is 0.140. The fourth-order valence-electron chi connectivity index (χ4n) is 0.667. The van der Waals surface area contributed by atoms with E-state index in [-0.39, 0.29) is 5.75 Å². The topological polar surface area (TPSA) is 85.7 Å². The van der Waals surface area contributed by atoms with Gasteiger partial charge in [-0.05, 0) is 12.1 Å². The Labute approximate surface area is 82.4 Å². The molecule has 14 heavy (non-hydrogen) atoms. The number of hydrogen-bond acceptors (Lipinski definition) is 5. The van der Waals surface area contributed by atoms with Crippen molar-refractivity contribution < 1.29 is 22.5 Å². The van der Waals surface area contributed by atoms with Gasteiger partial charge in [-0.2, -0.15) is 4.21 Å². The minimum atomic E-state index is -2.46. The lowest BCUT2D eigenvalue weighted by Crippen LogP contribution is -2.16. The van der Waals surface area contributed by atoms with Gasteiger partial charge in [-0.15, -0.1) is 0 Å². The number of carbonyl (C=O) groups is 1. The van der Waals surface area contributed by atoms with Gasteiger partial charge in [0.2, 0.25) is 0 Å². The summed E-state index contributed by atoms with van der Waals surface area (Å²) < 4.78 is 27.0. The smallest absolute Gasteiger partial charge is 0.339 e. The molecule has 0 aromatic carbocycles. The quantitative estimate of drug-likeness (QED) is 0.570. The van der Waals surface area contributed by atoms with E-state index in [9.17, 15) is 9.00 Å². The van der Waals surface area contributed by atoms with Crippen LogP contribution in [0.5, 0.6) is 5.75 Å². The zero-order valence-corrected chi connectivity index (χ0v) is 7.77. The Bertz CT molecular complexity index is 328. The van der Waals surface area contributed by atoms with Gasteiger partial charge in [0.1, 0.15) is 5.75 Å². The maximum atomic E-state index is 10.9. The molecule has 0 radical (unpaired) electrons. The van der Waals surface area contributed by atoms with E-state index in [1.54, 1.807) is 6.07 Å². The highest BCUT2D eigenvalue weighted by Gasteiger charge is 2.06. The third-order valence-electron chi connectivity index (χ3n) is 1.14. The Morgan fingerprint density at radius 1 is 1.64 bits per heavy atom. The van der Waals surface area contributed by atoms with Gasteiger partial charge in [-0.25, -0.2) is 4.79 Å². The molecule has 1 atom stereocenters. The molecule has 76 valence electrons. The number of hydrogen-bond donors (Lipinski definition) is 1. The van der Waals surface area contributed by atoms with Crippen molar-refractivity contribution in [1.29, 1.82) is 0 Å². The molecule has 0 bridgehead atoms. The Morgan fingerprint density at radius 3 is 3.00 bits per heavy atom. The van der Waals surface area contributed by atoms with E-state index in [1.165, 1.54) is 18.5 Å². The van der Waals surface area contributed by atoms with Crippen LogP contribution in [0.2, 0.25) is 0 Å². The summed E-state index contributed by atoms with van der Waals surface area (Å²) in [7, 11) is 0. The lowest BCUT2D eigenvalue weighted by Gasteiger charge is -2.01. The van der Waals surface area contributed by atoms with Crippen LogP contribution in [-0.2, 0) is 20.3 Å². The van der Waals surface area contributed by atoms with Crippen molar-refractivity contribution in [3.05, 3.63) is 24.5 Å². The molecule has 1 rings (SSSR count). The molecule has 6 nitrogen and oxygen atoms in total. The van der Waals surface area contributed by atoms with Crippen LogP contribution in [0.3, 0.4) is 0 Å². The van der Waals surface area contributed by atoms with Crippen LogP contribution in [-0.4, -0.2) is 26.3 Å². The molecule has 7 heteroatoms. The predicted molar refractivity (Wildman–Crippen MR) is 46.6 cm³/mol. The lowest BCUT2D eigenvalue weighted by atomic mass is 10.5. The summed E-state index contributed by atoms with van der Waals surface area (Å²) in [4.78, 5) is 14.6. The second kappa shape index (κ2) is 5.43. The molecule has 1 unspecified atom stereocenters. The van der Waals surface area contributed by atoms with E-state index >= 15 is 0 Å². The van der Waals surface area contributed by atoms with Crippen LogP contribution in [0.1, 0.15) is 0 Å². The zero-order valence-electron chi connectivity index (χ0n) is 6.95. The van der Waals surface area contributed by atoms with E-state index in [0.29, 0.717) is 0 Å². The third kappa shape index (κ3) is 4.08. The van der Waals surface area contributed by atoms with Crippen LogP contribution in [0, 0.1) is 0 Å². The molecule has 0 spiro atoms. The normalized spacial score (nSPS) is 12.1. The summed E-state index contributed by atoms with van der Waals surface area (Å²) in [5.41, 5.74) is 0. The van der Waals surface area contributed by atoms with Gasteiger partial charge in [0.25, 0.3) is 0 Å². The zero-order chi connectivity index (χ0) is 10.4. The number of rotatable bonds is 4. The highest BCUT2D eigenvalue weighted by atomic mass is 32.2. The van der Waals surface area contributed by atoms with Gasteiger partial charge < -0.3 is 4.74 Å². The van der Waals surface area contributed by atoms with Gasteiger partial charge in [0, 0.05) is 6.20 Å². The summed E-state index contributed by atoms with van der Waals surface area (Å²) in [6.45, 7) is -0.585. The molecule has 0 saturated heterocycles. The van der Waals surface area contributed by atoms with Gasteiger partial charge in [0.15, 0.2) is 6.61 Å². The lowest BCUT2D eigenvalue weighted by molar-refractivity contribution is -0.136. The first-order valence-electron chi connectivity index (χ1n) is 3.53. The standard InChI is InChI=1S/C7H7NO5S/c9-7(5-12-14(10)11)13-6-2-1-3-8-4-6/h1-4H,5H2,(H,10,11). The highest BCUT2D eigenvalue weighted by molar-refractivity contribution is 7.74. The molecule has 0 aliphatic carbocycles. The van der Waals surface area contributed by atoms with Gasteiger partial charge >= 0.3 is 17.3 Å². The average Bonchev–Trinajstić information content (AvgIpc) is 2.16. The van der Waals surface area contributed by atoms with Crippen molar-refractivity contribution in [2.45, 2.75) is 0 Å². The van der Waals surface area contributed by atoms with Crippen molar-refractivity contribution >= 4 is 17.3 Å². The summed E-state index contributed by atoms with van der Waals surface area (Å²) in [5, 5.41) is 0. The molecule has 0 aliphatic rings. The summed E-state index contributed by atoms with van der Waals surface area (Å²) >= 11 is -2.46. The Morgan fingerprint density at radius 2 is 2.43 bits per heavy atom. The van der Waals surface area contributed by atoms with Crippen molar-refractivity contribution in [3.63, 3.8) is 0 Å². The molecule has 0 saturated carbocycles. The van der Waals surface area contributed by atoms with Crippen LogP contribution in [0.4, 0.5) is 0 Å². The fourth-order valence-corrected chi connectivity index (χ4v) is 0.864. The van der Waals surface area contributed by atoms with Gasteiger partial charge in [-0.1, -0.05) is 0 Å². The van der Waals surface area contributed by atoms with E-state index < -0.39 is 23.9 Å². The molecule has 0 fully saturated rings. The van der Waals surface area contributed by atoms with Crippen LogP contribution >= 0.6 is 0 Å². The fraction of sp³-hybridized carbons (Fsp3) is 0.143. The van der Waals surface area contributed by atoms with Gasteiger partial charge in [0.05, 0.1) is 6.20 Å². The minimum absolute atomic E-state index is 0.254. The van der Waals surface area contributed by atoms with Crippen LogP contribution in [0.15, 0.2) is 24.5 Å². The molecule has 1 N–H and O–H groups in total. The number of ether oxygens (including phenoxy) is 1. The molecule has 1 aromatic rings.